The fourth-order valence-electron chi connectivity index (χ4n) is 3.74. The maximum absolute atomic E-state index is 13.1. The zero-order valence-electron chi connectivity index (χ0n) is 17.0. The minimum atomic E-state index is -0.160. The number of fused-ring (bicyclic) bond motifs is 1. The van der Waals surface area contributed by atoms with Crippen LogP contribution in [0.25, 0.3) is 0 Å². The van der Waals surface area contributed by atoms with Crippen molar-refractivity contribution < 1.29 is 9.59 Å². The summed E-state index contributed by atoms with van der Waals surface area (Å²) in [6, 6.07) is 17.7. The minimum absolute atomic E-state index is 0.143. The predicted octanol–water partition coefficient (Wildman–Crippen LogP) is 4.53. The summed E-state index contributed by atoms with van der Waals surface area (Å²) in [7, 11) is 0. The van der Waals surface area contributed by atoms with E-state index in [0.29, 0.717) is 17.1 Å². The lowest BCUT2D eigenvalue weighted by atomic mass is 10.1. The molecule has 0 bridgehead atoms. The first-order chi connectivity index (χ1) is 14.6. The van der Waals surface area contributed by atoms with E-state index in [1.807, 2.05) is 61.5 Å². The van der Waals surface area contributed by atoms with Crippen LogP contribution in [0.2, 0.25) is 0 Å². The van der Waals surface area contributed by atoms with Gasteiger partial charge in [0.05, 0.1) is 12.1 Å². The van der Waals surface area contributed by atoms with Gasteiger partial charge in [0.2, 0.25) is 5.91 Å². The summed E-state index contributed by atoms with van der Waals surface area (Å²) < 4.78 is 0. The first kappa shape index (κ1) is 20.3. The molecule has 0 fully saturated rings. The third-order valence-corrected chi connectivity index (χ3v) is 6.34. The molecule has 4 rings (SSSR count). The van der Waals surface area contributed by atoms with Crippen molar-refractivity contribution >= 4 is 33.8 Å². The highest BCUT2D eigenvalue weighted by molar-refractivity contribution is 7.17. The molecule has 0 spiro atoms. The van der Waals surface area contributed by atoms with Crippen LogP contribution in [0.15, 0.2) is 54.6 Å². The number of carbonyl (C=O) groups excluding carboxylic acids is 2. The second-order valence-electron chi connectivity index (χ2n) is 7.52. The number of hydrogen-bond acceptors (Lipinski definition) is 4. The Morgan fingerprint density at radius 2 is 1.83 bits per heavy atom. The van der Waals surface area contributed by atoms with Gasteiger partial charge in [-0.05, 0) is 55.0 Å². The van der Waals surface area contributed by atoms with Crippen molar-refractivity contribution in [2.24, 2.45) is 0 Å². The zero-order chi connectivity index (χ0) is 20.9. The van der Waals surface area contributed by atoms with Crippen LogP contribution in [-0.2, 0) is 24.2 Å². The third-order valence-electron chi connectivity index (χ3n) is 5.13. The largest absolute Gasteiger partial charge is 0.322 e. The van der Waals surface area contributed by atoms with E-state index in [0.717, 1.165) is 41.6 Å². The molecule has 6 heteroatoms. The molecule has 30 heavy (non-hydrogen) atoms. The van der Waals surface area contributed by atoms with Crippen molar-refractivity contribution in [1.29, 1.82) is 0 Å². The highest BCUT2D eigenvalue weighted by Gasteiger charge is 2.27. The Morgan fingerprint density at radius 3 is 2.63 bits per heavy atom. The maximum atomic E-state index is 13.1. The van der Waals surface area contributed by atoms with Crippen molar-refractivity contribution in [2.45, 2.75) is 32.7 Å². The third kappa shape index (κ3) is 4.78. The van der Waals surface area contributed by atoms with Crippen LogP contribution < -0.4 is 16.0 Å². The summed E-state index contributed by atoms with van der Waals surface area (Å²) in [6.07, 6.45) is 2.90. The summed E-state index contributed by atoms with van der Waals surface area (Å²) in [5.74, 6) is -0.303. The van der Waals surface area contributed by atoms with Crippen LogP contribution in [0.3, 0.4) is 0 Å². The van der Waals surface area contributed by atoms with Crippen LogP contribution >= 0.6 is 11.3 Å². The van der Waals surface area contributed by atoms with Gasteiger partial charge in [0.25, 0.3) is 5.91 Å². The second kappa shape index (κ2) is 9.24. The monoisotopic (exact) mass is 419 g/mol. The molecule has 1 aliphatic carbocycles. The highest BCUT2D eigenvalue weighted by atomic mass is 32.1. The molecule has 0 saturated heterocycles. The van der Waals surface area contributed by atoms with Gasteiger partial charge in [0.1, 0.15) is 5.00 Å². The topological polar surface area (TPSA) is 70.2 Å². The van der Waals surface area contributed by atoms with E-state index < -0.39 is 0 Å². The highest BCUT2D eigenvalue weighted by Crippen LogP contribution is 2.39. The number of aryl methyl sites for hydroxylation is 2. The summed E-state index contributed by atoms with van der Waals surface area (Å²) in [5, 5.41) is 9.76. The second-order valence-corrected chi connectivity index (χ2v) is 8.63. The SMILES string of the molecule is Cc1cccc(NC(=O)c2c(NC(=O)CNCc3ccccc3)sc3c2CCC3)c1. The van der Waals surface area contributed by atoms with Gasteiger partial charge in [-0.1, -0.05) is 42.5 Å². The molecule has 0 saturated carbocycles. The summed E-state index contributed by atoms with van der Waals surface area (Å²) in [5.41, 5.74) is 4.67. The van der Waals surface area contributed by atoms with Crippen molar-refractivity contribution in [3.63, 3.8) is 0 Å². The van der Waals surface area contributed by atoms with Gasteiger partial charge in [-0.15, -0.1) is 11.3 Å². The lowest BCUT2D eigenvalue weighted by molar-refractivity contribution is -0.115. The maximum Gasteiger partial charge on any atom is 0.258 e. The molecule has 2 aromatic carbocycles. The van der Waals surface area contributed by atoms with Crippen LogP contribution in [-0.4, -0.2) is 18.4 Å². The molecule has 3 aromatic rings. The molecule has 5 nitrogen and oxygen atoms in total. The van der Waals surface area contributed by atoms with Gasteiger partial charge < -0.3 is 16.0 Å². The van der Waals surface area contributed by atoms with Crippen LogP contribution in [0, 0.1) is 6.92 Å². The van der Waals surface area contributed by atoms with Gasteiger partial charge in [-0.25, -0.2) is 0 Å². The van der Waals surface area contributed by atoms with Crippen molar-refractivity contribution in [3.05, 3.63) is 81.7 Å². The summed E-state index contributed by atoms with van der Waals surface area (Å²) in [6.45, 7) is 2.80. The normalized spacial score (nSPS) is 12.4. The molecule has 0 unspecified atom stereocenters. The Bertz CT molecular complexity index is 1060. The molecule has 0 radical (unpaired) electrons. The van der Waals surface area contributed by atoms with E-state index in [-0.39, 0.29) is 18.4 Å². The Morgan fingerprint density at radius 1 is 1.00 bits per heavy atom. The van der Waals surface area contributed by atoms with Crippen LogP contribution in [0.4, 0.5) is 10.7 Å². The smallest absolute Gasteiger partial charge is 0.258 e. The fourth-order valence-corrected chi connectivity index (χ4v) is 5.04. The molecular weight excluding hydrogens is 394 g/mol. The molecule has 154 valence electrons. The first-order valence-electron chi connectivity index (χ1n) is 10.2. The van der Waals surface area contributed by atoms with E-state index in [1.165, 1.54) is 16.2 Å². The number of amides is 2. The van der Waals surface area contributed by atoms with Crippen LogP contribution in [0.1, 0.15) is 38.3 Å². The van der Waals surface area contributed by atoms with Crippen molar-refractivity contribution in [2.75, 3.05) is 17.2 Å². The molecular formula is C24H25N3O2S. The zero-order valence-corrected chi connectivity index (χ0v) is 17.8. The predicted molar refractivity (Wildman–Crippen MR) is 122 cm³/mol. The molecule has 1 aliphatic rings. The Kier molecular flexibility index (Phi) is 6.26. The molecule has 2 amide bonds. The van der Waals surface area contributed by atoms with Gasteiger partial charge in [0.15, 0.2) is 0 Å². The summed E-state index contributed by atoms with van der Waals surface area (Å²) in [4.78, 5) is 26.8. The number of carbonyl (C=O) groups is 2. The number of rotatable bonds is 7. The lowest BCUT2D eigenvalue weighted by Crippen LogP contribution is -2.28. The van der Waals surface area contributed by atoms with E-state index in [1.54, 1.807) is 0 Å². The Hall–Kier alpha value is -2.96. The lowest BCUT2D eigenvalue weighted by Gasteiger charge is -2.10. The molecule has 1 aromatic heterocycles. The number of hydrogen-bond donors (Lipinski definition) is 3. The van der Waals surface area contributed by atoms with Crippen LogP contribution in [0.5, 0.6) is 0 Å². The Labute approximate surface area is 180 Å². The minimum Gasteiger partial charge on any atom is -0.322 e. The molecule has 0 atom stereocenters. The number of thiophene rings is 1. The quantitative estimate of drug-likeness (QED) is 0.527. The van der Waals surface area contributed by atoms with Gasteiger partial charge >= 0.3 is 0 Å². The molecule has 3 N–H and O–H groups in total. The Balaban J connectivity index is 1.44. The van der Waals surface area contributed by atoms with E-state index in [9.17, 15) is 9.59 Å². The van der Waals surface area contributed by atoms with Crippen molar-refractivity contribution in [1.82, 2.24) is 5.32 Å². The molecule has 0 aliphatic heterocycles. The number of anilines is 2. The average Bonchev–Trinajstić information content (AvgIpc) is 3.29. The summed E-state index contributed by atoms with van der Waals surface area (Å²) >= 11 is 1.53. The average molecular weight is 420 g/mol. The van der Waals surface area contributed by atoms with E-state index in [4.69, 9.17) is 0 Å². The fraction of sp³-hybridized carbons (Fsp3) is 0.250. The van der Waals surface area contributed by atoms with E-state index in [2.05, 4.69) is 16.0 Å². The van der Waals surface area contributed by atoms with Gasteiger partial charge in [-0.2, -0.15) is 0 Å². The number of benzene rings is 2. The van der Waals surface area contributed by atoms with E-state index >= 15 is 0 Å². The number of nitrogens with one attached hydrogen (secondary N) is 3. The van der Waals surface area contributed by atoms with Gasteiger partial charge in [-0.3, -0.25) is 9.59 Å². The van der Waals surface area contributed by atoms with Gasteiger partial charge in [0, 0.05) is 17.1 Å². The van der Waals surface area contributed by atoms with Crippen molar-refractivity contribution in [3.8, 4) is 0 Å². The standard InChI is InChI=1S/C24H25N3O2S/c1-16-7-5-10-18(13-16)26-23(29)22-19-11-6-12-20(19)30-24(22)27-21(28)15-25-14-17-8-3-2-4-9-17/h2-5,7-10,13,25H,6,11-12,14-15H2,1H3,(H,26,29)(H,27,28). The molecule has 1 heterocycles. The first-order valence-corrected chi connectivity index (χ1v) is 11.0.